The first-order valence-corrected chi connectivity index (χ1v) is 10.9. The molecule has 1 saturated heterocycles. The van der Waals surface area contributed by atoms with Crippen LogP contribution >= 0.6 is 0 Å². The fourth-order valence-electron chi connectivity index (χ4n) is 3.83. The number of aliphatic hydroxyl groups is 1. The number of guanidine groups is 1. The number of hydrogen-bond donors (Lipinski definition) is 3. The molecule has 3 rings (SSSR count). The van der Waals surface area contributed by atoms with Gasteiger partial charge in [-0.15, -0.1) is 0 Å². The second-order valence-corrected chi connectivity index (χ2v) is 7.93. The summed E-state index contributed by atoms with van der Waals surface area (Å²) in [5.74, 6) is 1.47. The fourth-order valence-corrected chi connectivity index (χ4v) is 3.83. The van der Waals surface area contributed by atoms with E-state index in [0.29, 0.717) is 18.8 Å². The molecule has 4 N–H and O–H groups in total. The van der Waals surface area contributed by atoms with Gasteiger partial charge in [-0.25, -0.2) is 0 Å². The Labute approximate surface area is 177 Å². The summed E-state index contributed by atoms with van der Waals surface area (Å²) in [5.41, 5.74) is 7.44. The second-order valence-electron chi connectivity index (χ2n) is 7.93. The van der Waals surface area contributed by atoms with Crippen molar-refractivity contribution in [2.24, 2.45) is 5.73 Å². The van der Waals surface area contributed by atoms with Crippen LogP contribution in [0.5, 0.6) is 5.75 Å². The van der Waals surface area contributed by atoms with E-state index in [0.717, 1.165) is 29.9 Å². The standard InChI is InChI=1S/C22H33N5O3/c1-3-4-5-6-7-8-13-29-18-10-9-16(14-15(18)2)20-25-21(30-26-20)19-17(28)11-12-27(19)22(23)24/h9-10,14,17,19,28H,3-8,11-13H2,1-2H3,(H3,23,24)/t17-,19+/m1/s1. The molecule has 0 bridgehead atoms. The number of unbranched alkanes of at least 4 members (excludes halogenated alkanes) is 5. The van der Waals surface area contributed by atoms with Gasteiger partial charge in [0, 0.05) is 12.1 Å². The number of nitrogens with two attached hydrogens (primary N) is 1. The third-order valence-electron chi connectivity index (χ3n) is 5.56. The Balaban J connectivity index is 1.60. The van der Waals surface area contributed by atoms with Gasteiger partial charge in [-0.2, -0.15) is 4.98 Å². The minimum absolute atomic E-state index is 0.112. The lowest BCUT2D eigenvalue weighted by molar-refractivity contribution is 0.118. The van der Waals surface area contributed by atoms with E-state index >= 15 is 0 Å². The van der Waals surface area contributed by atoms with Gasteiger partial charge in [-0.05, 0) is 43.5 Å². The Morgan fingerprint density at radius 2 is 2.07 bits per heavy atom. The Bertz CT molecular complexity index is 838. The first-order valence-electron chi connectivity index (χ1n) is 10.9. The zero-order valence-electron chi connectivity index (χ0n) is 17.9. The molecule has 2 aromatic rings. The highest BCUT2D eigenvalue weighted by atomic mass is 16.5. The Hall–Kier alpha value is -2.61. The van der Waals surface area contributed by atoms with Gasteiger partial charge >= 0.3 is 0 Å². The molecule has 2 atom stereocenters. The number of nitrogens with one attached hydrogen (secondary N) is 1. The van der Waals surface area contributed by atoms with Crippen molar-refractivity contribution in [1.29, 1.82) is 5.41 Å². The summed E-state index contributed by atoms with van der Waals surface area (Å²) in [6, 6.07) is 5.24. The van der Waals surface area contributed by atoms with Crippen molar-refractivity contribution in [3.63, 3.8) is 0 Å². The largest absolute Gasteiger partial charge is 0.493 e. The summed E-state index contributed by atoms with van der Waals surface area (Å²) in [7, 11) is 0. The Kier molecular flexibility index (Phi) is 7.68. The number of aliphatic hydroxyl groups excluding tert-OH is 1. The molecule has 0 unspecified atom stereocenters. The van der Waals surface area contributed by atoms with E-state index in [1.165, 1.54) is 32.1 Å². The van der Waals surface area contributed by atoms with Crippen LogP contribution in [0.3, 0.4) is 0 Å². The molecule has 0 spiro atoms. The highest BCUT2D eigenvalue weighted by Gasteiger charge is 2.39. The number of hydrogen-bond acceptors (Lipinski definition) is 6. The summed E-state index contributed by atoms with van der Waals surface area (Å²) in [6.45, 7) is 5.44. The monoisotopic (exact) mass is 415 g/mol. The van der Waals surface area contributed by atoms with Crippen molar-refractivity contribution in [3.8, 4) is 17.1 Å². The summed E-state index contributed by atoms with van der Waals surface area (Å²) in [6.07, 6.45) is 7.23. The van der Waals surface area contributed by atoms with Crippen molar-refractivity contribution in [2.75, 3.05) is 13.2 Å². The van der Waals surface area contributed by atoms with Crippen LogP contribution in [0, 0.1) is 12.3 Å². The van der Waals surface area contributed by atoms with Gasteiger partial charge < -0.3 is 25.0 Å². The Morgan fingerprint density at radius 1 is 1.30 bits per heavy atom. The maximum atomic E-state index is 10.2. The lowest BCUT2D eigenvalue weighted by Crippen LogP contribution is -2.37. The quantitative estimate of drug-likeness (QED) is 0.307. The minimum Gasteiger partial charge on any atom is -0.493 e. The van der Waals surface area contributed by atoms with Crippen molar-refractivity contribution >= 4 is 5.96 Å². The number of likely N-dealkylation sites (tertiary alicyclic amines) is 1. The molecule has 8 heteroatoms. The highest BCUT2D eigenvalue weighted by Crippen LogP contribution is 2.32. The molecule has 1 fully saturated rings. The SMILES string of the molecule is CCCCCCCCOc1ccc(-c2noc([C@@H]3[C@H](O)CCN3C(=N)N)n2)cc1C. The van der Waals surface area contributed by atoms with E-state index in [1.807, 2.05) is 25.1 Å². The van der Waals surface area contributed by atoms with E-state index in [2.05, 4.69) is 17.1 Å². The number of aromatic nitrogens is 2. The van der Waals surface area contributed by atoms with Crippen LogP contribution in [0.1, 0.15) is 69.4 Å². The van der Waals surface area contributed by atoms with E-state index in [4.69, 9.17) is 20.4 Å². The van der Waals surface area contributed by atoms with Crippen molar-refractivity contribution in [2.45, 2.75) is 70.9 Å². The maximum absolute atomic E-state index is 10.2. The predicted molar refractivity (Wildman–Crippen MR) is 115 cm³/mol. The molecular formula is C22H33N5O3. The molecule has 164 valence electrons. The maximum Gasteiger partial charge on any atom is 0.252 e. The average Bonchev–Trinajstić information content (AvgIpc) is 3.35. The summed E-state index contributed by atoms with van der Waals surface area (Å²) < 4.78 is 11.3. The molecule has 1 aliphatic rings. The molecule has 2 heterocycles. The van der Waals surface area contributed by atoms with E-state index < -0.39 is 12.1 Å². The van der Waals surface area contributed by atoms with Crippen LogP contribution in [-0.2, 0) is 0 Å². The van der Waals surface area contributed by atoms with Crippen LogP contribution in [0.25, 0.3) is 11.4 Å². The molecule has 8 nitrogen and oxygen atoms in total. The molecule has 0 aliphatic carbocycles. The number of aryl methyl sites for hydroxylation is 1. The van der Waals surface area contributed by atoms with Gasteiger partial charge in [-0.1, -0.05) is 44.2 Å². The smallest absolute Gasteiger partial charge is 0.252 e. The van der Waals surface area contributed by atoms with Gasteiger partial charge in [0.05, 0.1) is 12.7 Å². The van der Waals surface area contributed by atoms with Gasteiger partial charge in [0.1, 0.15) is 11.8 Å². The predicted octanol–water partition coefficient (Wildman–Crippen LogP) is 3.79. The van der Waals surface area contributed by atoms with E-state index in [-0.39, 0.29) is 11.9 Å². The zero-order chi connectivity index (χ0) is 21.5. The summed E-state index contributed by atoms with van der Waals surface area (Å²) >= 11 is 0. The molecule has 0 saturated carbocycles. The third-order valence-corrected chi connectivity index (χ3v) is 5.56. The fraction of sp³-hybridized carbons (Fsp3) is 0.591. The summed E-state index contributed by atoms with van der Waals surface area (Å²) in [4.78, 5) is 6.03. The average molecular weight is 416 g/mol. The van der Waals surface area contributed by atoms with Crippen LogP contribution < -0.4 is 10.5 Å². The normalized spacial score (nSPS) is 18.7. The summed E-state index contributed by atoms with van der Waals surface area (Å²) in [5, 5.41) is 22.0. The third kappa shape index (κ3) is 5.30. The van der Waals surface area contributed by atoms with Crippen molar-refractivity contribution in [1.82, 2.24) is 15.0 Å². The van der Waals surface area contributed by atoms with Gasteiger partial charge in [0.25, 0.3) is 5.89 Å². The highest BCUT2D eigenvalue weighted by molar-refractivity contribution is 5.75. The first kappa shape index (κ1) is 22.1. The van der Waals surface area contributed by atoms with Crippen molar-refractivity contribution < 1.29 is 14.4 Å². The van der Waals surface area contributed by atoms with Crippen LogP contribution in [0.2, 0.25) is 0 Å². The molecular weight excluding hydrogens is 382 g/mol. The van der Waals surface area contributed by atoms with Gasteiger partial charge in [-0.3, -0.25) is 5.41 Å². The van der Waals surface area contributed by atoms with E-state index in [1.54, 1.807) is 4.90 Å². The molecule has 1 aromatic heterocycles. The lowest BCUT2D eigenvalue weighted by atomic mass is 10.1. The van der Waals surface area contributed by atoms with Gasteiger partial charge in [0.15, 0.2) is 5.96 Å². The minimum atomic E-state index is -0.693. The number of nitrogens with zero attached hydrogens (tertiary/aromatic N) is 3. The second kappa shape index (κ2) is 10.4. The van der Waals surface area contributed by atoms with Crippen LogP contribution in [0.15, 0.2) is 22.7 Å². The van der Waals surface area contributed by atoms with Gasteiger partial charge in [0.2, 0.25) is 5.82 Å². The molecule has 0 radical (unpaired) electrons. The van der Waals surface area contributed by atoms with Crippen LogP contribution in [0.4, 0.5) is 0 Å². The first-order chi connectivity index (χ1) is 14.5. The molecule has 1 aromatic carbocycles. The number of benzene rings is 1. The molecule has 30 heavy (non-hydrogen) atoms. The lowest BCUT2D eigenvalue weighted by Gasteiger charge is -2.22. The number of rotatable bonds is 10. The van der Waals surface area contributed by atoms with E-state index in [9.17, 15) is 5.11 Å². The molecule has 1 aliphatic heterocycles. The van der Waals surface area contributed by atoms with Crippen LogP contribution in [-0.4, -0.2) is 45.4 Å². The molecule has 0 amide bonds. The topological polar surface area (TPSA) is 121 Å². The Morgan fingerprint density at radius 3 is 2.80 bits per heavy atom. The number of ether oxygens (including phenoxy) is 1. The zero-order valence-corrected chi connectivity index (χ0v) is 17.9. The van der Waals surface area contributed by atoms with Crippen molar-refractivity contribution in [3.05, 3.63) is 29.7 Å².